The second kappa shape index (κ2) is 4.94. The zero-order chi connectivity index (χ0) is 10.6. The molecule has 14 heavy (non-hydrogen) atoms. The molecular weight excluding hydrogens is 186 g/mol. The first-order chi connectivity index (χ1) is 6.79. The van der Waals surface area contributed by atoms with E-state index in [1.54, 1.807) is 0 Å². The first kappa shape index (κ1) is 11.0. The van der Waals surface area contributed by atoms with Crippen LogP contribution in [0.3, 0.4) is 0 Å². The van der Waals surface area contributed by atoms with Gasteiger partial charge in [-0.1, -0.05) is 13.8 Å². The molecule has 3 heteroatoms. The number of ether oxygens (including phenoxy) is 1. The van der Waals surface area contributed by atoms with Crippen molar-refractivity contribution in [3.8, 4) is 5.75 Å². The minimum absolute atomic E-state index is 0.376. The lowest BCUT2D eigenvalue weighted by Crippen LogP contribution is -2.10. The minimum atomic E-state index is -0.792. The summed E-state index contributed by atoms with van der Waals surface area (Å²) in [4.78, 5) is 0. The maximum absolute atomic E-state index is 13.0. The van der Waals surface area contributed by atoms with Crippen molar-refractivity contribution in [1.29, 1.82) is 0 Å². The van der Waals surface area contributed by atoms with Crippen molar-refractivity contribution in [3.63, 3.8) is 0 Å². The normalized spacial score (nSPS) is 13.4. The topological polar surface area (TPSA) is 9.23 Å². The molecule has 1 nitrogen and oxygen atoms in total. The molecule has 0 radical (unpaired) electrons. The van der Waals surface area contributed by atoms with Gasteiger partial charge in [-0.05, 0) is 25.0 Å². The molecule has 1 heterocycles. The molecule has 0 unspecified atom stereocenters. The molecule has 0 aromatic heterocycles. The molecule has 78 valence electrons. The minimum Gasteiger partial charge on any atom is -0.493 e. The summed E-state index contributed by atoms with van der Waals surface area (Å²) in [5.41, 5.74) is 0.376. The van der Waals surface area contributed by atoms with E-state index in [4.69, 9.17) is 4.74 Å². The van der Waals surface area contributed by atoms with Crippen molar-refractivity contribution < 1.29 is 13.5 Å². The van der Waals surface area contributed by atoms with E-state index in [1.165, 1.54) is 6.07 Å². The van der Waals surface area contributed by atoms with Crippen molar-refractivity contribution >= 4 is 0 Å². The summed E-state index contributed by atoms with van der Waals surface area (Å²) < 4.78 is 30.9. The molecule has 0 atom stereocenters. The first-order valence-electron chi connectivity index (χ1n) is 4.89. The number of halogens is 2. The molecule has 0 N–H and O–H groups in total. The third-order valence-corrected chi connectivity index (χ3v) is 1.98. The lowest BCUT2D eigenvalue weighted by Gasteiger charge is -2.17. The van der Waals surface area contributed by atoms with Gasteiger partial charge in [0, 0.05) is 5.56 Å². The van der Waals surface area contributed by atoms with E-state index in [0.29, 0.717) is 24.3 Å². The van der Waals surface area contributed by atoms with Crippen LogP contribution in [0.25, 0.3) is 0 Å². The number of rotatable bonds is 0. The van der Waals surface area contributed by atoms with Crippen LogP contribution in [-0.4, -0.2) is 6.61 Å². The molecule has 1 aliphatic heterocycles. The van der Waals surface area contributed by atoms with Gasteiger partial charge < -0.3 is 4.74 Å². The Morgan fingerprint density at radius 3 is 2.64 bits per heavy atom. The molecule has 0 spiro atoms. The second-order valence-corrected chi connectivity index (χ2v) is 2.79. The standard InChI is InChI=1S/C9H8F2O.C2H6/c10-7-3-4-8-6(9(7)11)2-1-5-12-8;1-2/h3-4H,1-2,5H2;1-2H3. The van der Waals surface area contributed by atoms with Gasteiger partial charge >= 0.3 is 0 Å². The molecule has 0 aliphatic carbocycles. The Morgan fingerprint density at radius 1 is 1.21 bits per heavy atom. The monoisotopic (exact) mass is 200 g/mol. The van der Waals surface area contributed by atoms with E-state index >= 15 is 0 Å². The highest BCUT2D eigenvalue weighted by Crippen LogP contribution is 2.28. The molecule has 0 saturated carbocycles. The third-order valence-electron chi connectivity index (χ3n) is 1.98. The fraction of sp³-hybridized carbons (Fsp3) is 0.455. The summed E-state index contributed by atoms with van der Waals surface area (Å²) in [6.07, 6.45) is 1.33. The number of hydrogen-bond acceptors (Lipinski definition) is 1. The third kappa shape index (κ3) is 2.03. The fourth-order valence-corrected chi connectivity index (χ4v) is 1.37. The Morgan fingerprint density at radius 2 is 1.93 bits per heavy atom. The second-order valence-electron chi connectivity index (χ2n) is 2.79. The van der Waals surface area contributed by atoms with Crippen molar-refractivity contribution in [1.82, 2.24) is 0 Å². The van der Waals surface area contributed by atoms with Gasteiger partial charge in [0.15, 0.2) is 11.6 Å². The molecule has 1 aliphatic rings. The van der Waals surface area contributed by atoms with Gasteiger partial charge in [-0.25, -0.2) is 8.78 Å². The van der Waals surface area contributed by atoms with Gasteiger partial charge in [0.25, 0.3) is 0 Å². The highest BCUT2D eigenvalue weighted by atomic mass is 19.2. The number of benzene rings is 1. The zero-order valence-electron chi connectivity index (χ0n) is 8.44. The smallest absolute Gasteiger partial charge is 0.165 e. The molecule has 0 bridgehead atoms. The lowest BCUT2D eigenvalue weighted by molar-refractivity contribution is 0.281. The Kier molecular flexibility index (Phi) is 3.86. The van der Waals surface area contributed by atoms with Crippen LogP contribution in [0.2, 0.25) is 0 Å². The summed E-state index contributed by atoms with van der Waals surface area (Å²) in [6, 6.07) is 2.58. The van der Waals surface area contributed by atoms with Crippen LogP contribution in [0.15, 0.2) is 12.1 Å². The lowest BCUT2D eigenvalue weighted by atomic mass is 10.1. The van der Waals surface area contributed by atoms with Crippen molar-refractivity contribution in [2.75, 3.05) is 6.61 Å². The van der Waals surface area contributed by atoms with E-state index in [1.807, 2.05) is 13.8 Å². The van der Waals surface area contributed by atoms with E-state index in [2.05, 4.69) is 0 Å². The average molecular weight is 200 g/mol. The highest BCUT2D eigenvalue weighted by molar-refractivity contribution is 5.36. The average Bonchev–Trinajstić information content (AvgIpc) is 2.27. The number of fused-ring (bicyclic) bond motifs is 1. The molecular formula is C11H14F2O. The van der Waals surface area contributed by atoms with Gasteiger partial charge in [0.05, 0.1) is 6.61 Å². The van der Waals surface area contributed by atoms with Crippen molar-refractivity contribution in [3.05, 3.63) is 29.3 Å². The summed E-state index contributed by atoms with van der Waals surface area (Å²) in [5.74, 6) is -1.06. The predicted octanol–water partition coefficient (Wildman–Crippen LogP) is 3.32. The summed E-state index contributed by atoms with van der Waals surface area (Å²) in [5, 5.41) is 0. The van der Waals surface area contributed by atoms with Crippen LogP contribution in [0.5, 0.6) is 5.75 Å². The van der Waals surface area contributed by atoms with E-state index < -0.39 is 11.6 Å². The highest BCUT2D eigenvalue weighted by Gasteiger charge is 2.17. The van der Waals surface area contributed by atoms with Gasteiger partial charge in [-0.3, -0.25) is 0 Å². The van der Waals surface area contributed by atoms with Crippen LogP contribution >= 0.6 is 0 Å². The molecule has 2 rings (SSSR count). The van der Waals surface area contributed by atoms with Crippen molar-refractivity contribution in [2.24, 2.45) is 0 Å². The van der Waals surface area contributed by atoms with Crippen LogP contribution in [0, 0.1) is 11.6 Å². The van der Waals surface area contributed by atoms with Crippen LogP contribution in [0.1, 0.15) is 25.8 Å². The van der Waals surface area contributed by atoms with E-state index in [0.717, 1.165) is 12.5 Å². The van der Waals surface area contributed by atoms with Crippen LogP contribution < -0.4 is 4.74 Å². The number of hydrogen-bond donors (Lipinski definition) is 0. The maximum atomic E-state index is 13.0. The predicted molar refractivity (Wildman–Crippen MR) is 51.5 cm³/mol. The zero-order valence-corrected chi connectivity index (χ0v) is 8.44. The first-order valence-corrected chi connectivity index (χ1v) is 4.89. The van der Waals surface area contributed by atoms with Crippen LogP contribution in [0.4, 0.5) is 8.78 Å². The Balaban J connectivity index is 0.000000461. The van der Waals surface area contributed by atoms with Gasteiger partial charge in [-0.2, -0.15) is 0 Å². The summed E-state index contributed by atoms with van der Waals surface area (Å²) >= 11 is 0. The van der Waals surface area contributed by atoms with Crippen LogP contribution in [-0.2, 0) is 6.42 Å². The quantitative estimate of drug-likeness (QED) is 0.624. The summed E-state index contributed by atoms with van der Waals surface area (Å²) in [7, 11) is 0. The fourth-order valence-electron chi connectivity index (χ4n) is 1.37. The largest absolute Gasteiger partial charge is 0.493 e. The molecule has 0 saturated heterocycles. The molecule has 1 aromatic carbocycles. The van der Waals surface area contributed by atoms with Crippen molar-refractivity contribution in [2.45, 2.75) is 26.7 Å². The summed E-state index contributed by atoms with van der Waals surface area (Å²) in [6.45, 7) is 4.60. The van der Waals surface area contributed by atoms with E-state index in [9.17, 15) is 8.78 Å². The molecule has 0 amide bonds. The Bertz CT molecular complexity index is 310. The van der Waals surface area contributed by atoms with Gasteiger partial charge in [0.1, 0.15) is 5.75 Å². The molecule has 0 fully saturated rings. The Hall–Kier alpha value is -1.12. The van der Waals surface area contributed by atoms with E-state index in [-0.39, 0.29) is 0 Å². The Labute approximate surface area is 82.7 Å². The molecule has 1 aromatic rings. The maximum Gasteiger partial charge on any atom is 0.165 e. The van der Waals surface area contributed by atoms with Gasteiger partial charge in [0.2, 0.25) is 0 Å². The van der Waals surface area contributed by atoms with Gasteiger partial charge in [-0.15, -0.1) is 0 Å². The SMILES string of the molecule is CC.Fc1ccc2c(c1F)CCCO2.